The lowest BCUT2D eigenvalue weighted by Gasteiger charge is -2.25. The Bertz CT molecular complexity index is 404. The molecular weight excluding hydrogens is 274 g/mol. The molecule has 0 N–H and O–H groups in total. The number of hydrogen-bond donors (Lipinski definition) is 0. The predicted molar refractivity (Wildman–Crippen MR) is 63.6 cm³/mol. The summed E-state index contributed by atoms with van der Waals surface area (Å²) in [6, 6.07) is 4.85. The van der Waals surface area contributed by atoms with E-state index in [1.807, 2.05) is 0 Å². The van der Waals surface area contributed by atoms with E-state index in [2.05, 4.69) is 15.9 Å². The van der Waals surface area contributed by atoms with Crippen molar-refractivity contribution in [1.29, 1.82) is 0 Å². The molecule has 86 valence electrons. The zero-order valence-corrected chi connectivity index (χ0v) is 10.3. The van der Waals surface area contributed by atoms with Crippen LogP contribution in [0.5, 0.6) is 5.75 Å². The van der Waals surface area contributed by atoms with Crippen LogP contribution in [0.15, 0.2) is 22.7 Å². The largest absolute Gasteiger partial charge is 0.486 e. The van der Waals surface area contributed by atoms with Gasteiger partial charge in [-0.2, -0.15) is 0 Å². The standard InChI is InChI=1S/C11H12BrNO3/c12-9-5-2-6-10(13(14)15)11(9)16-7-8-3-1-4-8/h2,5-6,8H,1,3-4,7H2. The molecule has 1 saturated carbocycles. The lowest BCUT2D eigenvalue weighted by molar-refractivity contribution is -0.386. The molecule has 0 atom stereocenters. The van der Waals surface area contributed by atoms with Crippen LogP contribution in [-0.4, -0.2) is 11.5 Å². The first-order chi connectivity index (χ1) is 7.68. The van der Waals surface area contributed by atoms with Crippen molar-refractivity contribution in [3.05, 3.63) is 32.8 Å². The molecule has 0 amide bonds. The smallest absolute Gasteiger partial charge is 0.312 e. The molecule has 0 spiro atoms. The first-order valence-electron chi connectivity index (χ1n) is 5.24. The van der Waals surface area contributed by atoms with Crippen LogP contribution in [0.1, 0.15) is 19.3 Å². The Hall–Kier alpha value is -1.10. The number of nitro benzene ring substituents is 1. The van der Waals surface area contributed by atoms with Crippen molar-refractivity contribution in [3.63, 3.8) is 0 Å². The zero-order valence-electron chi connectivity index (χ0n) is 8.69. The molecule has 2 rings (SSSR count). The van der Waals surface area contributed by atoms with Gasteiger partial charge < -0.3 is 4.74 Å². The maximum atomic E-state index is 10.8. The summed E-state index contributed by atoms with van der Waals surface area (Å²) in [4.78, 5) is 10.4. The monoisotopic (exact) mass is 285 g/mol. The lowest BCUT2D eigenvalue weighted by Crippen LogP contribution is -2.19. The average molecular weight is 286 g/mol. The van der Waals surface area contributed by atoms with Gasteiger partial charge >= 0.3 is 5.69 Å². The molecule has 0 radical (unpaired) electrons. The normalized spacial score (nSPS) is 15.6. The van der Waals surface area contributed by atoms with Gasteiger partial charge in [0.15, 0.2) is 0 Å². The van der Waals surface area contributed by atoms with E-state index in [-0.39, 0.29) is 5.69 Å². The van der Waals surface area contributed by atoms with E-state index in [0.29, 0.717) is 22.7 Å². The number of nitro groups is 1. The summed E-state index contributed by atoms with van der Waals surface area (Å²) in [6.45, 7) is 0.573. The molecule has 1 aromatic rings. The lowest BCUT2D eigenvalue weighted by atomic mass is 9.86. The van der Waals surface area contributed by atoms with E-state index in [4.69, 9.17) is 4.74 Å². The third-order valence-electron chi connectivity index (χ3n) is 2.83. The van der Waals surface area contributed by atoms with Gasteiger partial charge in [0.05, 0.1) is 16.0 Å². The Morgan fingerprint density at radius 3 is 2.81 bits per heavy atom. The number of ether oxygens (including phenoxy) is 1. The van der Waals surface area contributed by atoms with Gasteiger partial charge in [0.2, 0.25) is 5.75 Å². The molecule has 1 fully saturated rings. The number of para-hydroxylation sites is 1. The van der Waals surface area contributed by atoms with Gasteiger partial charge in [-0.25, -0.2) is 0 Å². The highest BCUT2D eigenvalue weighted by atomic mass is 79.9. The Labute approximate surface area is 102 Å². The van der Waals surface area contributed by atoms with E-state index in [1.165, 1.54) is 12.5 Å². The second kappa shape index (κ2) is 4.82. The summed E-state index contributed by atoms with van der Waals surface area (Å²) < 4.78 is 6.18. The third kappa shape index (κ3) is 2.35. The number of halogens is 1. The number of hydrogen-bond acceptors (Lipinski definition) is 3. The van der Waals surface area contributed by atoms with Crippen LogP contribution < -0.4 is 4.74 Å². The van der Waals surface area contributed by atoms with Gasteiger partial charge in [0, 0.05) is 6.07 Å². The van der Waals surface area contributed by atoms with Gasteiger partial charge in [0.1, 0.15) is 0 Å². The molecule has 1 aliphatic rings. The van der Waals surface area contributed by atoms with Crippen LogP contribution in [0.3, 0.4) is 0 Å². The van der Waals surface area contributed by atoms with Crippen LogP contribution in [-0.2, 0) is 0 Å². The molecule has 0 aliphatic heterocycles. The van der Waals surface area contributed by atoms with Gasteiger partial charge in [-0.15, -0.1) is 0 Å². The second-order valence-electron chi connectivity index (χ2n) is 3.95. The number of benzene rings is 1. The molecule has 1 aliphatic carbocycles. The maximum Gasteiger partial charge on any atom is 0.312 e. The van der Waals surface area contributed by atoms with E-state index in [0.717, 1.165) is 12.8 Å². The molecule has 0 aromatic heterocycles. The summed E-state index contributed by atoms with van der Waals surface area (Å²) in [7, 11) is 0. The first kappa shape index (κ1) is 11.4. The molecule has 5 heteroatoms. The Morgan fingerprint density at radius 2 is 2.25 bits per heavy atom. The van der Waals surface area contributed by atoms with Crippen LogP contribution >= 0.6 is 15.9 Å². The molecule has 0 heterocycles. The molecule has 0 saturated heterocycles. The quantitative estimate of drug-likeness (QED) is 0.628. The topological polar surface area (TPSA) is 52.4 Å². The molecular formula is C11H12BrNO3. The third-order valence-corrected chi connectivity index (χ3v) is 3.46. The Kier molecular flexibility index (Phi) is 3.43. The van der Waals surface area contributed by atoms with E-state index < -0.39 is 4.92 Å². The second-order valence-corrected chi connectivity index (χ2v) is 4.81. The molecule has 4 nitrogen and oxygen atoms in total. The van der Waals surface area contributed by atoms with Crippen molar-refractivity contribution in [2.45, 2.75) is 19.3 Å². The highest BCUT2D eigenvalue weighted by Crippen LogP contribution is 2.36. The van der Waals surface area contributed by atoms with Gasteiger partial charge in [0.25, 0.3) is 0 Å². The molecule has 16 heavy (non-hydrogen) atoms. The molecule has 1 aromatic carbocycles. The fraction of sp³-hybridized carbons (Fsp3) is 0.455. The van der Waals surface area contributed by atoms with Gasteiger partial charge in [-0.3, -0.25) is 10.1 Å². The van der Waals surface area contributed by atoms with Crippen LogP contribution in [0.25, 0.3) is 0 Å². The van der Waals surface area contributed by atoms with Gasteiger partial charge in [-0.05, 0) is 40.8 Å². The fourth-order valence-electron chi connectivity index (χ4n) is 1.64. The highest BCUT2D eigenvalue weighted by Gasteiger charge is 2.22. The summed E-state index contributed by atoms with van der Waals surface area (Å²) in [5.41, 5.74) is 0.0219. The summed E-state index contributed by atoms with van der Waals surface area (Å²) in [5.74, 6) is 0.908. The van der Waals surface area contributed by atoms with Gasteiger partial charge in [-0.1, -0.05) is 12.5 Å². The van der Waals surface area contributed by atoms with Crippen LogP contribution in [0.4, 0.5) is 5.69 Å². The van der Waals surface area contributed by atoms with Crippen molar-refractivity contribution < 1.29 is 9.66 Å². The minimum atomic E-state index is -0.416. The van der Waals surface area contributed by atoms with E-state index >= 15 is 0 Å². The highest BCUT2D eigenvalue weighted by molar-refractivity contribution is 9.10. The Morgan fingerprint density at radius 1 is 1.50 bits per heavy atom. The van der Waals surface area contributed by atoms with Crippen molar-refractivity contribution in [2.75, 3.05) is 6.61 Å². The fourth-order valence-corrected chi connectivity index (χ4v) is 2.11. The minimum Gasteiger partial charge on any atom is -0.486 e. The van der Waals surface area contributed by atoms with Crippen molar-refractivity contribution in [1.82, 2.24) is 0 Å². The van der Waals surface area contributed by atoms with Crippen LogP contribution in [0.2, 0.25) is 0 Å². The van der Waals surface area contributed by atoms with E-state index in [9.17, 15) is 10.1 Å². The maximum absolute atomic E-state index is 10.8. The SMILES string of the molecule is O=[N+]([O-])c1cccc(Br)c1OCC1CCC1. The summed E-state index contributed by atoms with van der Waals surface area (Å²) in [6.07, 6.45) is 3.57. The Balaban J connectivity index is 2.13. The van der Waals surface area contributed by atoms with Crippen LogP contribution in [0, 0.1) is 16.0 Å². The molecule has 0 bridgehead atoms. The van der Waals surface area contributed by atoms with E-state index in [1.54, 1.807) is 12.1 Å². The van der Waals surface area contributed by atoms with Crippen molar-refractivity contribution in [2.24, 2.45) is 5.92 Å². The predicted octanol–water partition coefficient (Wildman–Crippen LogP) is 3.54. The summed E-state index contributed by atoms with van der Waals surface area (Å²) >= 11 is 3.28. The number of rotatable bonds is 4. The molecule has 0 unspecified atom stereocenters. The summed E-state index contributed by atoms with van der Waals surface area (Å²) in [5, 5.41) is 10.8. The van der Waals surface area contributed by atoms with Crippen molar-refractivity contribution >= 4 is 21.6 Å². The number of nitrogens with zero attached hydrogens (tertiary/aromatic N) is 1. The first-order valence-corrected chi connectivity index (χ1v) is 6.03. The van der Waals surface area contributed by atoms with Crippen molar-refractivity contribution in [3.8, 4) is 5.75 Å². The zero-order chi connectivity index (χ0) is 11.5. The average Bonchev–Trinajstić information content (AvgIpc) is 2.17. The minimum absolute atomic E-state index is 0.0219.